The molecule has 0 atom stereocenters. The van der Waals surface area contributed by atoms with E-state index in [0.717, 1.165) is 41.2 Å². The van der Waals surface area contributed by atoms with Crippen LogP contribution in [0.5, 0.6) is 5.75 Å². The van der Waals surface area contributed by atoms with E-state index in [4.69, 9.17) is 4.74 Å². The number of benzene rings is 1. The Kier molecular flexibility index (Phi) is 3.14. The van der Waals surface area contributed by atoms with Gasteiger partial charge in [0, 0.05) is 11.8 Å². The first kappa shape index (κ1) is 11.7. The molecule has 3 rings (SSSR count). The highest BCUT2D eigenvalue weighted by atomic mass is 16.5. The standard InChI is InChI=1S/C15H15N3O/c1-2-8-19-12-5-3-4-11(9-12)15-17-13-6-7-16-10-14(13)18-15/h3-7,9-10H,2,8H2,1H3,(H,17,18). The van der Waals surface area contributed by atoms with Gasteiger partial charge in [-0.05, 0) is 24.6 Å². The molecule has 0 saturated heterocycles. The highest BCUT2D eigenvalue weighted by molar-refractivity contribution is 5.78. The van der Waals surface area contributed by atoms with Gasteiger partial charge in [0.05, 0.1) is 18.3 Å². The van der Waals surface area contributed by atoms with Gasteiger partial charge in [-0.3, -0.25) is 4.98 Å². The zero-order chi connectivity index (χ0) is 13.1. The van der Waals surface area contributed by atoms with Gasteiger partial charge in [-0.2, -0.15) is 0 Å². The number of pyridine rings is 1. The zero-order valence-electron chi connectivity index (χ0n) is 10.8. The largest absolute Gasteiger partial charge is 0.494 e. The second-order valence-electron chi connectivity index (χ2n) is 4.35. The fourth-order valence-electron chi connectivity index (χ4n) is 1.95. The number of fused-ring (bicyclic) bond motifs is 1. The van der Waals surface area contributed by atoms with Gasteiger partial charge in [0.15, 0.2) is 0 Å². The third kappa shape index (κ3) is 2.42. The van der Waals surface area contributed by atoms with Gasteiger partial charge in [-0.25, -0.2) is 4.98 Å². The summed E-state index contributed by atoms with van der Waals surface area (Å²) in [5, 5.41) is 0. The van der Waals surface area contributed by atoms with Crippen LogP contribution in [0.2, 0.25) is 0 Å². The molecule has 1 N–H and O–H groups in total. The van der Waals surface area contributed by atoms with E-state index in [2.05, 4.69) is 21.9 Å². The fourth-order valence-corrected chi connectivity index (χ4v) is 1.95. The van der Waals surface area contributed by atoms with Crippen molar-refractivity contribution in [2.45, 2.75) is 13.3 Å². The van der Waals surface area contributed by atoms with Gasteiger partial charge < -0.3 is 9.72 Å². The maximum absolute atomic E-state index is 5.64. The number of rotatable bonds is 4. The van der Waals surface area contributed by atoms with E-state index in [9.17, 15) is 0 Å². The highest BCUT2D eigenvalue weighted by Gasteiger charge is 2.06. The van der Waals surface area contributed by atoms with Crippen molar-refractivity contribution in [2.24, 2.45) is 0 Å². The summed E-state index contributed by atoms with van der Waals surface area (Å²) < 4.78 is 5.64. The van der Waals surface area contributed by atoms with Gasteiger partial charge in [-0.1, -0.05) is 19.1 Å². The molecule has 0 amide bonds. The molecule has 3 aromatic rings. The summed E-state index contributed by atoms with van der Waals surface area (Å²) in [5.41, 5.74) is 2.88. The topological polar surface area (TPSA) is 50.8 Å². The smallest absolute Gasteiger partial charge is 0.138 e. The van der Waals surface area contributed by atoms with E-state index < -0.39 is 0 Å². The second-order valence-corrected chi connectivity index (χ2v) is 4.35. The van der Waals surface area contributed by atoms with Gasteiger partial charge >= 0.3 is 0 Å². The Morgan fingerprint density at radius 3 is 3.05 bits per heavy atom. The summed E-state index contributed by atoms with van der Waals surface area (Å²) >= 11 is 0. The summed E-state index contributed by atoms with van der Waals surface area (Å²) in [4.78, 5) is 11.9. The van der Waals surface area contributed by atoms with Crippen molar-refractivity contribution in [1.29, 1.82) is 0 Å². The Labute approximate surface area is 111 Å². The van der Waals surface area contributed by atoms with Crippen LogP contribution >= 0.6 is 0 Å². The van der Waals surface area contributed by atoms with Crippen LogP contribution < -0.4 is 4.74 Å². The third-order valence-electron chi connectivity index (χ3n) is 2.87. The maximum atomic E-state index is 5.64. The Hall–Kier alpha value is -2.36. The molecule has 4 heteroatoms. The number of hydrogen-bond donors (Lipinski definition) is 1. The second kappa shape index (κ2) is 5.10. The first-order chi connectivity index (χ1) is 9.36. The van der Waals surface area contributed by atoms with Crippen LogP contribution in [0.1, 0.15) is 13.3 Å². The normalized spacial score (nSPS) is 10.8. The molecule has 96 valence electrons. The fraction of sp³-hybridized carbons (Fsp3) is 0.200. The minimum atomic E-state index is 0.730. The van der Waals surface area contributed by atoms with Crippen LogP contribution in [-0.4, -0.2) is 21.6 Å². The lowest BCUT2D eigenvalue weighted by atomic mass is 10.2. The van der Waals surface area contributed by atoms with Crippen LogP contribution in [-0.2, 0) is 0 Å². The quantitative estimate of drug-likeness (QED) is 0.775. The molecule has 0 unspecified atom stereocenters. The van der Waals surface area contributed by atoms with E-state index in [1.54, 1.807) is 12.4 Å². The van der Waals surface area contributed by atoms with Crippen LogP contribution in [0, 0.1) is 0 Å². The molecule has 4 nitrogen and oxygen atoms in total. The highest BCUT2D eigenvalue weighted by Crippen LogP contribution is 2.23. The summed E-state index contributed by atoms with van der Waals surface area (Å²) in [7, 11) is 0. The number of nitrogens with one attached hydrogen (secondary N) is 1. The van der Waals surface area contributed by atoms with E-state index >= 15 is 0 Å². The number of aromatic amines is 1. The first-order valence-electron chi connectivity index (χ1n) is 6.40. The molecule has 0 bridgehead atoms. The molecule has 0 saturated carbocycles. The van der Waals surface area contributed by atoms with E-state index in [1.807, 2.05) is 30.3 Å². The number of imidazole rings is 1. The molecule has 2 heterocycles. The number of hydrogen-bond acceptors (Lipinski definition) is 3. The molecule has 19 heavy (non-hydrogen) atoms. The van der Waals surface area contributed by atoms with Crippen molar-refractivity contribution < 1.29 is 4.74 Å². The number of ether oxygens (including phenoxy) is 1. The predicted molar refractivity (Wildman–Crippen MR) is 75.1 cm³/mol. The molecule has 2 aromatic heterocycles. The molecule has 0 radical (unpaired) electrons. The Morgan fingerprint density at radius 1 is 1.26 bits per heavy atom. The molecular weight excluding hydrogens is 238 g/mol. The van der Waals surface area contributed by atoms with Crippen molar-refractivity contribution in [3.63, 3.8) is 0 Å². The number of H-pyrrole nitrogens is 1. The molecule has 0 aliphatic carbocycles. The third-order valence-corrected chi connectivity index (χ3v) is 2.87. The zero-order valence-corrected chi connectivity index (χ0v) is 10.8. The first-order valence-corrected chi connectivity index (χ1v) is 6.40. The minimum Gasteiger partial charge on any atom is -0.494 e. The van der Waals surface area contributed by atoms with Crippen molar-refractivity contribution in [3.05, 3.63) is 42.7 Å². The van der Waals surface area contributed by atoms with Gasteiger partial charge in [-0.15, -0.1) is 0 Å². The molecular formula is C15H15N3O. The van der Waals surface area contributed by atoms with Crippen LogP contribution in [0.15, 0.2) is 42.7 Å². The number of aromatic nitrogens is 3. The lowest BCUT2D eigenvalue weighted by Crippen LogP contribution is -1.94. The maximum Gasteiger partial charge on any atom is 0.138 e. The molecule has 0 aliphatic heterocycles. The Morgan fingerprint density at radius 2 is 2.21 bits per heavy atom. The van der Waals surface area contributed by atoms with Crippen LogP contribution in [0.25, 0.3) is 22.4 Å². The van der Waals surface area contributed by atoms with E-state index in [0.29, 0.717) is 0 Å². The van der Waals surface area contributed by atoms with Crippen LogP contribution in [0.3, 0.4) is 0 Å². The molecule has 0 aliphatic rings. The minimum absolute atomic E-state index is 0.730. The van der Waals surface area contributed by atoms with E-state index in [-0.39, 0.29) is 0 Å². The monoisotopic (exact) mass is 253 g/mol. The summed E-state index contributed by atoms with van der Waals surface area (Å²) in [5.74, 6) is 1.71. The average Bonchev–Trinajstić information content (AvgIpc) is 2.89. The predicted octanol–water partition coefficient (Wildman–Crippen LogP) is 3.41. The van der Waals surface area contributed by atoms with Crippen molar-refractivity contribution in [3.8, 4) is 17.1 Å². The molecule has 1 aromatic carbocycles. The van der Waals surface area contributed by atoms with E-state index in [1.165, 1.54) is 0 Å². The summed E-state index contributed by atoms with van der Waals surface area (Å²) in [6, 6.07) is 9.88. The lowest BCUT2D eigenvalue weighted by molar-refractivity contribution is 0.317. The average molecular weight is 253 g/mol. The molecule has 0 fully saturated rings. The van der Waals surface area contributed by atoms with Gasteiger partial charge in [0.25, 0.3) is 0 Å². The Balaban J connectivity index is 1.96. The summed E-state index contributed by atoms with van der Waals surface area (Å²) in [6.07, 6.45) is 4.51. The SMILES string of the molecule is CCCOc1cccc(-c2nc3cnccc3[nH]2)c1. The molecule has 0 spiro atoms. The number of nitrogens with zero attached hydrogens (tertiary/aromatic N) is 2. The Bertz CT molecular complexity index is 657. The van der Waals surface area contributed by atoms with Crippen molar-refractivity contribution in [1.82, 2.24) is 15.0 Å². The van der Waals surface area contributed by atoms with Crippen molar-refractivity contribution >= 4 is 11.0 Å². The van der Waals surface area contributed by atoms with Crippen molar-refractivity contribution in [2.75, 3.05) is 6.61 Å². The van der Waals surface area contributed by atoms with Gasteiger partial charge in [0.1, 0.15) is 17.1 Å². The van der Waals surface area contributed by atoms with Gasteiger partial charge in [0.2, 0.25) is 0 Å². The summed E-state index contributed by atoms with van der Waals surface area (Å²) in [6.45, 7) is 2.82. The lowest BCUT2D eigenvalue weighted by Gasteiger charge is -2.05. The van der Waals surface area contributed by atoms with Crippen LogP contribution in [0.4, 0.5) is 0 Å².